The molecule has 1 unspecified atom stereocenters. The van der Waals surface area contributed by atoms with Gasteiger partial charge in [-0.05, 0) is 30.8 Å². The lowest BCUT2D eigenvalue weighted by Gasteiger charge is -2.42. The number of nitrogens with one attached hydrogen (secondary N) is 1. The highest BCUT2D eigenvalue weighted by Gasteiger charge is 2.43. The summed E-state index contributed by atoms with van der Waals surface area (Å²) in [5.74, 6) is 1.48. The molecule has 1 fully saturated rings. The van der Waals surface area contributed by atoms with Gasteiger partial charge in [0.1, 0.15) is 5.54 Å². The third-order valence-corrected chi connectivity index (χ3v) is 4.50. The summed E-state index contributed by atoms with van der Waals surface area (Å²) in [5.41, 5.74) is -0.672. The summed E-state index contributed by atoms with van der Waals surface area (Å²) in [7, 11) is 0. The minimum atomic E-state index is -0.672. The molecule has 1 saturated heterocycles. The van der Waals surface area contributed by atoms with Gasteiger partial charge in [0.15, 0.2) is 0 Å². The van der Waals surface area contributed by atoms with E-state index in [4.69, 9.17) is 0 Å². The summed E-state index contributed by atoms with van der Waals surface area (Å²) in [5, 5.41) is 2.88. The van der Waals surface area contributed by atoms with Gasteiger partial charge in [-0.15, -0.1) is 0 Å². The van der Waals surface area contributed by atoms with Gasteiger partial charge < -0.3 is 10.2 Å². The smallest absolute Gasteiger partial charge is 0.248 e. The first-order chi connectivity index (χ1) is 8.49. The van der Waals surface area contributed by atoms with Crippen LogP contribution >= 0.6 is 11.8 Å². The maximum Gasteiger partial charge on any atom is 0.248 e. The standard InChI is InChI=1S/C13H24N2O2S/c1-5-13(6-2)12(17)15(8-11(16)14-13)7-10(3)9-18-4/h10H,5-9H2,1-4H3,(H,14,16). The van der Waals surface area contributed by atoms with Gasteiger partial charge in [-0.1, -0.05) is 20.8 Å². The fraction of sp³-hybridized carbons (Fsp3) is 0.846. The van der Waals surface area contributed by atoms with Crippen molar-refractivity contribution in [2.24, 2.45) is 5.92 Å². The van der Waals surface area contributed by atoms with Gasteiger partial charge in [-0.2, -0.15) is 11.8 Å². The molecule has 4 nitrogen and oxygen atoms in total. The molecule has 1 rings (SSSR count). The van der Waals surface area contributed by atoms with Gasteiger partial charge in [0.2, 0.25) is 11.8 Å². The minimum Gasteiger partial charge on any atom is -0.340 e. The Bertz CT molecular complexity index is 316. The summed E-state index contributed by atoms with van der Waals surface area (Å²) >= 11 is 1.77. The molecule has 0 aliphatic carbocycles. The lowest BCUT2D eigenvalue weighted by atomic mass is 9.88. The molecule has 0 aromatic rings. The molecule has 0 aromatic carbocycles. The first kappa shape index (κ1) is 15.3. The number of carbonyl (C=O) groups is 2. The highest BCUT2D eigenvalue weighted by Crippen LogP contribution is 2.23. The monoisotopic (exact) mass is 272 g/mol. The molecule has 0 aromatic heterocycles. The molecule has 0 radical (unpaired) electrons. The zero-order valence-electron chi connectivity index (χ0n) is 11.8. The van der Waals surface area contributed by atoms with Crippen LogP contribution in [0.25, 0.3) is 0 Å². The molecule has 2 amide bonds. The Morgan fingerprint density at radius 3 is 2.50 bits per heavy atom. The summed E-state index contributed by atoms with van der Waals surface area (Å²) in [6, 6.07) is 0. The first-order valence-corrected chi connectivity index (χ1v) is 7.97. The Labute approximate surface area is 114 Å². The van der Waals surface area contributed by atoms with E-state index in [0.717, 1.165) is 5.75 Å². The highest BCUT2D eigenvalue weighted by atomic mass is 32.2. The Morgan fingerprint density at radius 1 is 1.39 bits per heavy atom. The quantitative estimate of drug-likeness (QED) is 0.797. The zero-order valence-corrected chi connectivity index (χ0v) is 12.6. The molecule has 1 aliphatic heterocycles. The Hall–Kier alpha value is -0.710. The predicted octanol–water partition coefficient (Wildman–Crippen LogP) is 1.50. The second kappa shape index (κ2) is 6.45. The largest absolute Gasteiger partial charge is 0.340 e. The Balaban J connectivity index is 2.79. The van der Waals surface area contributed by atoms with E-state index in [2.05, 4.69) is 18.5 Å². The van der Waals surface area contributed by atoms with Crippen molar-refractivity contribution >= 4 is 23.6 Å². The fourth-order valence-electron chi connectivity index (χ4n) is 2.50. The van der Waals surface area contributed by atoms with Gasteiger partial charge in [-0.25, -0.2) is 0 Å². The van der Waals surface area contributed by atoms with Crippen LogP contribution in [0.15, 0.2) is 0 Å². The molecular weight excluding hydrogens is 248 g/mol. The maximum atomic E-state index is 12.5. The number of piperazine rings is 1. The van der Waals surface area contributed by atoms with E-state index in [9.17, 15) is 9.59 Å². The summed E-state index contributed by atoms with van der Waals surface area (Å²) < 4.78 is 0. The Kier molecular flexibility index (Phi) is 5.50. The zero-order chi connectivity index (χ0) is 13.8. The van der Waals surface area contributed by atoms with Crippen LogP contribution < -0.4 is 5.32 Å². The minimum absolute atomic E-state index is 0.0327. The third kappa shape index (κ3) is 3.19. The molecule has 1 N–H and O–H groups in total. The fourth-order valence-corrected chi connectivity index (χ4v) is 3.17. The van der Waals surface area contributed by atoms with Crippen LogP contribution in [0.3, 0.4) is 0 Å². The van der Waals surface area contributed by atoms with E-state index in [1.54, 1.807) is 16.7 Å². The van der Waals surface area contributed by atoms with Crippen LogP contribution in [-0.2, 0) is 9.59 Å². The molecule has 5 heteroatoms. The molecule has 104 valence electrons. The summed E-state index contributed by atoms with van der Waals surface area (Å²) in [4.78, 5) is 26.0. The third-order valence-electron chi connectivity index (χ3n) is 3.60. The van der Waals surface area contributed by atoms with Crippen LogP contribution in [-0.4, -0.2) is 47.4 Å². The van der Waals surface area contributed by atoms with E-state index in [1.807, 2.05) is 13.8 Å². The summed E-state index contributed by atoms with van der Waals surface area (Å²) in [6.07, 6.45) is 3.37. The number of carbonyl (C=O) groups excluding carboxylic acids is 2. The average molecular weight is 272 g/mol. The molecule has 0 saturated carbocycles. The van der Waals surface area contributed by atoms with Gasteiger partial charge in [-0.3, -0.25) is 9.59 Å². The number of rotatable bonds is 6. The van der Waals surface area contributed by atoms with Crippen molar-refractivity contribution in [3.05, 3.63) is 0 Å². The SMILES string of the molecule is CCC1(CC)NC(=O)CN(CC(C)CSC)C1=O. The molecule has 0 bridgehead atoms. The predicted molar refractivity (Wildman–Crippen MR) is 75.6 cm³/mol. The van der Waals surface area contributed by atoms with E-state index in [-0.39, 0.29) is 18.4 Å². The second-order valence-electron chi connectivity index (χ2n) is 5.08. The number of hydrogen-bond donors (Lipinski definition) is 1. The van der Waals surface area contributed by atoms with Crippen molar-refractivity contribution in [1.29, 1.82) is 0 Å². The van der Waals surface area contributed by atoms with Crippen molar-refractivity contribution in [1.82, 2.24) is 10.2 Å². The highest BCUT2D eigenvalue weighted by molar-refractivity contribution is 7.98. The van der Waals surface area contributed by atoms with E-state index in [0.29, 0.717) is 25.3 Å². The Morgan fingerprint density at radius 2 is 2.00 bits per heavy atom. The lowest BCUT2D eigenvalue weighted by molar-refractivity contribution is -0.150. The number of amides is 2. The van der Waals surface area contributed by atoms with Crippen LogP contribution in [0.2, 0.25) is 0 Å². The van der Waals surface area contributed by atoms with Gasteiger partial charge in [0.25, 0.3) is 0 Å². The summed E-state index contributed by atoms with van der Waals surface area (Å²) in [6.45, 7) is 6.91. The second-order valence-corrected chi connectivity index (χ2v) is 5.99. The van der Waals surface area contributed by atoms with Crippen LogP contribution in [0.5, 0.6) is 0 Å². The first-order valence-electron chi connectivity index (χ1n) is 6.58. The van der Waals surface area contributed by atoms with Gasteiger partial charge >= 0.3 is 0 Å². The molecular formula is C13H24N2O2S. The van der Waals surface area contributed by atoms with Crippen molar-refractivity contribution in [2.45, 2.75) is 39.2 Å². The van der Waals surface area contributed by atoms with Crippen LogP contribution in [0.1, 0.15) is 33.6 Å². The van der Waals surface area contributed by atoms with Crippen LogP contribution in [0.4, 0.5) is 0 Å². The van der Waals surface area contributed by atoms with Gasteiger partial charge in [0.05, 0.1) is 6.54 Å². The van der Waals surface area contributed by atoms with Crippen molar-refractivity contribution in [2.75, 3.05) is 25.1 Å². The maximum absolute atomic E-state index is 12.5. The van der Waals surface area contributed by atoms with Crippen LogP contribution in [0, 0.1) is 5.92 Å². The molecule has 18 heavy (non-hydrogen) atoms. The number of thioether (sulfide) groups is 1. The van der Waals surface area contributed by atoms with Gasteiger partial charge in [0, 0.05) is 6.54 Å². The number of hydrogen-bond acceptors (Lipinski definition) is 3. The normalized spacial score (nSPS) is 20.8. The molecule has 1 heterocycles. The molecule has 1 atom stereocenters. The molecule has 1 aliphatic rings. The van der Waals surface area contributed by atoms with Crippen molar-refractivity contribution in [3.63, 3.8) is 0 Å². The average Bonchev–Trinajstić information content (AvgIpc) is 2.33. The molecule has 0 spiro atoms. The van der Waals surface area contributed by atoms with E-state index >= 15 is 0 Å². The van der Waals surface area contributed by atoms with E-state index < -0.39 is 5.54 Å². The van der Waals surface area contributed by atoms with Crippen molar-refractivity contribution < 1.29 is 9.59 Å². The van der Waals surface area contributed by atoms with E-state index in [1.165, 1.54) is 0 Å². The van der Waals surface area contributed by atoms with Crippen molar-refractivity contribution in [3.8, 4) is 0 Å². The topological polar surface area (TPSA) is 49.4 Å². The number of nitrogens with zero attached hydrogens (tertiary/aromatic N) is 1. The lowest BCUT2D eigenvalue weighted by Crippen LogP contribution is -2.66.